The van der Waals surface area contributed by atoms with Crippen molar-refractivity contribution in [2.24, 2.45) is 0 Å². The van der Waals surface area contributed by atoms with Crippen LogP contribution < -0.4 is 22.8 Å². The lowest BCUT2D eigenvalue weighted by atomic mass is 9.91. The summed E-state index contributed by atoms with van der Waals surface area (Å²) in [6, 6.07) is 15.8. The maximum Gasteiger partial charge on any atom is 0.352 e. The first-order valence-corrected chi connectivity index (χ1v) is 10.2. The molecule has 1 aliphatic carbocycles. The second-order valence-corrected chi connectivity index (χ2v) is 7.91. The highest BCUT2D eigenvalue weighted by Gasteiger charge is 2.42. The quantitative estimate of drug-likeness (QED) is 0.484. The highest BCUT2D eigenvalue weighted by molar-refractivity contribution is 5.32. The molecular weight excluding hydrogens is 412 g/mol. The summed E-state index contributed by atoms with van der Waals surface area (Å²) in [7, 11) is 0. The van der Waals surface area contributed by atoms with Gasteiger partial charge in [0.15, 0.2) is 0 Å². The van der Waals surface area contributed by atoms with E-state index in [9.17, 15) is 19.2 Å². The number of hydrogen-bond donors (Lipinski definition) is 1. The molecule has 10 heteroatoms. The molecule has 1 N–H and O–H groups in total. The zero-order valence-corrected chi connectivity index (χ0v) is 16.7. The van der Waals surface area contributed by atoms with Crippen LogP contribution >= 0.6 is 0 Å². The first-order chi connectivity index (χ1) is 15.6. The Morgan fingerprint density at radius 1 is 0.688 bits per heavy atom. The molecule has 2 aromatic heterocycles. The number of allylic oxidation sites excluding steroid dienone is 2. The Hall–Kier alpha value is -4.34. The smallest absolute Gasteiger partial charge is 0.246 e. The monoisotopic (exact) mass is 430 g/mol. The number of fused-ring (bicyclic) bond motifs is 1. The van der Waals surface area contributed by atoms with Gasteiger partial charge in [0.25, 0.3) is 0 Å². The predicted octanol–water partition coefficient (Wildman–Crippen LogP) is 0.738. The van der Waals surface area contributed by atoms with Crippen molar-refractivity contribution in [3.05, 3.63) is 115 Å². The van der Waals surface area contributed by atoms with E-state index in [1.54, 1.807) is 54.6 Å². The van der Waals surface area contributed by atoms with Gasteiger partial charge in [0, 0.05) is 0 Å². The van der Waals surface area contributed by atoms with Gasteiger partial charge in [0.05, 0.1) is 29.5 Å². The second kappa shape index (κ2) is 6.58. The Bertz CT molecular complexity index is 1600. The molecular formula is C22H18N6O4. The second-order valence-electron chi connectivity index (χ2n) is 7.91. The molecule has 0 radical (unpaired) electrons. The van der Waals surface area contributed by atoms with Crippen molar-refractivity contribution in [3.63, 3.8) is 0 Å². The van der Waals surface area contributed by atoms with E-state index >= 15 is 0 Å². The lowest BCUT2D eigenvalue weighted by Crippen LogP contribution is -2.46. The van der Waals surface area contributed by atoms with Gasteiger partial charge < -0.3 is 0 Å². The van der Waals surface area contributed by atoms with Crippen LogP contribution in [-0.2, 0) is 0 Å². The van der Waals surface area contributed by atoms with Gasteiger partial charge in [-0.15, -0.1) is 0 Å². The van der Waals surface area contributed by atoms with E-state index in [1.807, 2.05) is 18.2 Å². The van der Waals surface area contributed by atoms with E-state index in [0.717, 1.165) is 9.13 Å². The van der Waals surface area contributed by atoms with Gasteiger partial charge in [0.2, 0.25) is 0 Å². The SMILES string of the molecule is O=c1[nH]n(C2CC3C=CC2n2c(=O)n(-c4ccccc4)c(=O)n23)c(=O)n1-c1ccccc1. The van der Waals surface area contributed by atoms with Crippen LogP contribution in [0.15, 0.2) is 92.0 Å². The summed E-state index contributed by atoms with van der Waals surface area (Å²) in [6.07, 6.45) is 4.09. The molecule has 2 aromatic carbocycles. The number of para-hydroxylation sites is 2. The number of hydrogen-bond acceptors (Lipinski definition) is 4. The molecule has 32 heavy (non-hydrogen) atoms. The molecule has 2 aliphatic heterocycles. The fraction of sp³-hybridized carbons (Fsp3) is 0.182. The van der Waals surface area contributed by atoms with Crippen LogP contribution in [0.4, 0.5) is 0 Å². The molecule has 4 aromatic rings. The molecule has 0 saturated heterocycles. The van der Waals surface area contributed by atoms with Crippen LogP contribution in [0.2, 0.25) is 0 Å². The standard InChI is InChI=1S/C22H18N6O4/c29-19-23-26(20(30)24(19)14-7-3-1-4-8-14)18-13-16-11-12-17(18)28-22(32)25(21(31)27(16)28)15-9-5-2-6-10-15/h1-12,16-18H,13H2,(H,23,29). The number of aromatic amines is 1. The average molecular weight is 430 g/mol. The summed E-state index contributed by atoms with van der Waals surface area (Å²) >= 11 is 0. The predicted molar refractivity (Wildman–Crippen MR) is 116 cm³/mol. The topological polar surface area (TPSA) is 109 Å². The first-order valence-electron chi connectivity index (χ1n) is 10.2. The van der Waals surface area contributed by atoms with E-state index in [4.69, 9.17) is 0 Å². The van der Waals surface area contributed by atoms with Crippen molar-refractivity contribution < 1.29 is 0 Å². The van der Waals surface area contributed by atoms with Gasteiger partial charge >= 0.3 is 22.8 Å². The average Bonchev–Trinajstić information content (AvgIpc) is 3.28. The normalized spacial score (nSPS) is 21.1. The summed E-state index contributed by atoms with van der Waals surface area (Å²) in [5, 5.41) is 2.64. The molecule has 3 unspecified atom stereocenters. The van der Waals surface area contributed by atoms with Gasteiger partial charge in [-0.25, -0.2) is 47.5 Å². The van der Waals surface area contributed by atoms with E-state index in [0.29, 0.717) is 17.8 Å². The van der Waals surface area contributed by atoms with Crippen molar-refractivity contribution in [2.45, 2.75) is 24.5 Å². The zero-order valence-electron chi connectivity index (χ0n) is 16.7. The van der Waals surface area contributed by atoms with E-state index < -0.39 is 40.9 Å². The molecule has 3 aliphatic rings. The molecule has 0 saturated carbocycles. The van der Waals surface area contributed by atoms with Gasteiger partial charge in [0.1, 0.15) is 0 Å². The third-order valence-electron chi connectivity index (χ3n) is 6.19. The van der Waals surface area contributed by atoms with E-state index in [-0.39, 0.29) is 0 Å². The fourth-order valence-corrected chi connectivity index (χ4v) is 4.79. The summed E-state index contributed by atoms with van der Waals surface area (Å²) in [6.45, 7) is 0. The van der Waals surface area contributed by atoms with Crippen molar-refractivity contribution in [2.75, 3.05) is 0 Å². The van der Waals surface area contributed by atoms with Crippen LogP contribution in [0, 0.1) is 0 Å². The minimum atomic E-state index is -0.592. The summed E-state index contributed by atoms with van der Waals surface area (Å²) < 4.78 is 6.30. The van der Waals surface area contributed by atoms with E-state index in [1.165, 1.54) is 14.0 Å². The summed E-state index contributed by atoms with van der Waals surface area (Å²) in [5.41, 5.74) is -1.05. The van der Waals surface area contributed by atoms with E-state index in [2.05, 4.69) is 5.10 Å². The molecule has 0 spiro atoms. The lowest BCUT2D eigenvalue weighted by molar-refractivity contribution is 0.168. The van der Waals surface area contributed by atoms with Gasteiger partial charge in [-0.05, 0) is 30.7 Å². The third kappa shape index (κ3) is 2.40. The number of aromatic nitrogens is 6. The molecule has 0 fully saturated rings. The number of H-pyrrole nitrogens is 1. The van der Waals surface area contributed by atoms with Crippen molar-refractivity contribution in [1.82, 2.24) is 28.3 Å². The summed E-state index contributed by atoms with van der Waals surface area (Å²) in [4.78, 5) is 52.2. The maximum absolute atomic E-state index is 13.3. The molecule has 10 nitrogen and oxygen atoms in total. The minimum absolute atomic E-state index is 0.397. The van der Waals surface area contributed by atoms with Crippen molar-refractivity contribution >= 4 is 0 Å². The van der Waals surface area contributed by atoms with Crippen LogP contribution in [-0.4, -0.2) is 28.3 Å². The Balaban J connectivity index is 1.51. The molecule has 3 atom stereocenters. The Labute approximate surface area is 179 Å². The molecule has 4 heterocycles. The number of rotatable bonds is 3. The first kappa shape index (κ1) is 18.4. The number of nitrogens with zero attached hydrogens (tertiary/aromatic N) is 5. The highest BCUT2D eigenvalue weighted by Crippen LogP contribution is 2.40. The summed E-state index contributed by atoms with van der Waals surface area (Å²) in [5.74, 6) is 0. The fourth-order valence-electron chi connectivity index (χ4n) is 4.79. The largest absolute Gasteiger partial charge is 0.352 e. The van der Waals surface area contributed by atoms with Crippen LogP contribution in [0.5, 0.6) is 0 Å². The Kier molecular flexibility index (Phi) is 3.79. The lowest BCUT2D eigenvalue weighted by Gasteiger charge is -2.39. The number of nitrogens with one attached hydrogen (secondary N) is 1. The minimum Gasteiger partial charge on any atom is -0.246 e. The Morgan fingerprint density at radius 3 is 1.94 bits per heavy atom. The van der Waals surface area contributed by atoms with Crippen LogP contribution in [0.25, 0.3) is 11.4 Å². The molecule has 7 rings (SSSR count). The van der Waals surface area contributed by atoms with Gasteiger partial charge in [-0.2, -0.15) is 0 Å². The molecule has 2 bridgehead atoms. The van der Waals surface area contributed by atoms with Crippen LogP contribution in [0.1, 0.15) is 24.5 Å². The zero-order chi connectivity index (χ0) is 22.0. The highest BCUT2D eigenvalue weighted by atomic mass is 16.2. The van der Waals surface area contributed by atoms with Gasteiger partial charge in [-0.3, -0.25) is 0 Å². The van der Waals surface area contributed by atoms with Gasteiger partial charge in [-0.1, -0.05) is 48.6 Å². The van der Waals surface area contributed by atoms with Crippen molar-refractivity contribution in [1.29, 1.82) is 0 Å². The number of benzene rings is 2. The van der Waals surface area contributed by atoms with Crippen LogP contribution in [0.3, 0.4) is 0 Å². The molecule has 160 valence electrons. The molecule has 0 amide bonds. The maximum atomic E-state index is 13.3. The van der Waals surface area contributed by atoms with Crippen molar-refractivity contribution in [3.8, 4) is 11.4 Å². The third-order valence-corrected chi connectivity index (χ3v) is 6.19. The Morgan fingerprint density at radius 2 is 1.28 bits per heavy atom.